The lowest BCUT2D eigenvalue weighted by atomic mass is 10.1. The molecule has 3 nitrogen and oxygen atoms in total. The van der Waals surface area contributed by atoms with Crippen LogP contribution in [0.2, 0.25) is 0 Å². The normalized spacial score (nSPS) is 19.9. The summed E-state index contributed by atoms with van der Waals surface area (Å²) in [6, 6.07) is 0.658. The minimum atomic E-state index is 0. The molecule has 1 aliphatic heterocycles. The van der Waals surface area contributed by atoms with Crippen LogP contribution in [-0.2, 0) is 13.5 Å². The topological polar surface area (TPSA) is 29.9 Å². The van der Waals surface area contributed by atoms with Gasteiger partial charge in [0.05, 0.1) is 0 Å². The van der Waals surface area contributed by atoms with Crippen molar-refractivity contribution in [2.75, 3.05) is 6.54 Å². The summed E-state index contributed by atoms with van der Waals surface area (Å²) in [7, 11) is 2.05. The van der Waals surface area contributed by atoms with Crippen molar-refractivity contribution in [1.29, 1.82) is 0 Å². The maximum absolute atomic E-state index is 4.30. The second-order valence-corrected chi connectivity index (χ2v) is 3.45. The van der Waals surface area contributed by atoms with Gasteiger partial charge in [0.1, 0.15) is 5.82 Å². The number of nitrogens with zero attached hydrogens (tertiary/aromatic N) is 2. The van der Waals surface area contributed by atoms with E-state index >= 15 is 0 Å². The van der Waals surface area contributed by atoms with Gasteiger partial charge in [0.15, 0.2) is 0 Å². The molecule has 1 aromatic heterocycles. The molecule has 1 aromatic rings. The van der Waals surface area contributed by atoms with E-state index < -0.39 is 0 Å². The fourth-order valence-corrected chi connectivity index (χ4v) is 1.74. The maximum Gasteiger partial charge on any atom is 0.109 e. The minimum Gasteiger partial charge on any atom is -0.338 e. The molecule has 5 heteroatoms. The fourth-order valence-electron chi connectivity index (χ4n) is 1.74. The van der Waals surface area contributed by atoms with Gasteiger partial charge in [-0.3, -0.25) is 0 Å². The van der Waals surface area contributed by atoms with Crippen molar-refractivity contribution < 1.29 is 0 Å². The van der Waals surface area contributed by atoms with Crippen molar-refractivity contribution in [1.82, 2.24) is 14.9 Å². The van der Waals surface area contributed by atoms with Crippen LogP contribution in [0, 0.1) is 0 Å². The number of aromatic nitrogens is 2. The quantitative estimate of drug-likeness (QED) is 0.847. The van der Waals surface area contributed by atoms with Crippen molar-refractivity contribution in [2.45, 2.75) is 25.3 Å². The summed E-state index contributed by atoms with van der Waals surface area (Å²) in [5.74, 6) is 1.19. The Morgan fingerprint density at radius 1 is 1.57 bits per heavy atom. The first-order chi connectivity index (χ1) is 5.86. The van der Waals surface area contributed by atoms with Crippen LogP contribution in [0.3, 0.4) is 0 Å². The van der Waals surface area contributed by atoms with Crippen LogP contribution in [0.4, 0.5) is 0 Å². The summed E-state index contributed by atoms with van der Waals surface area (Å²) in [6.45, 7) is 1.18. The first-order valence-electron chi connectivity index (χ1n) is 4.56. The lowest BCUT2D eigenvalue weighted by molar-refractivity contribution is 0.573. The summed E-state index contributed by atoms with van der Waals surface area (Å²) in [6.07, 6.45) is 7.56. The molecule has 1 atom stereocenters. The highest BCUT2D eigenvalue weighted by atomic mass is 35.5. The van der Waals surface area contributed by atoms with E-state index in [1.54, 1.807) is 0 Å². The monoisotopic (exact) mass is 237 g/mol. The van der Waals surface area contributed by atoms with Crippen molar-refractivity contribution in [3.63, 3.8) is 0 Å². The molecule has 0 bridgehead atoms. The first-order valence-corrected chi connectivity index (χ1v) is 4.56. The van der Waals surface area contributed by atoms with E-state index in [2.05, 4.69) is 21.9 Å². The van der Waals surface area contributed by atoms with Gasteiger partial charge in [-0.15, -0.1) is 24.8 Å². The largest absolute Gasteiger partial charge is 0.338 e. The molecule has 0 radical (unpaired) electrons. The zero-order chi connectivity index (χ0) is 8.39. The van der Waals surface area contributed by atoms with Crippen molar-refractivity contribution in [3.05, 3.63) is 18.2 Å². The Balaban J connectivity index is 0.000000845. The molecule has 1 aliphatic rings. The lowest BCUT2D eigenvalue weighted by Gasteiger charge is -2.08. The average Bonchev–Trinajstić information content (AvgIpc) is 2.65. The van der Waals surface area contributed by atoms with E-state index in [0.29, 0.717) is 6.04 Å². The van der Waals surface area contributed by atoms with Crippen LogP contribution >= 0.6 is 24.8 Å². The van der Waals surface area contributed by atoms with E-state index in [-0.39, 0.29) is 24.8 Å². The number of imidazole rings is 1. The summed E-state index contributed by atoms with van der Waals surface area (Å²) < 4.78 is 2.10. The summed E-state index contributed by atoms with van der Waals surface area (Å²) >= 11 is 0. The van der Waals surface area contributed by atoms with Gasteiger partial charge in [-0.05, 0) is 19.4 Å². The molecule has 1 N–H and O–H groups in total. The standard InChI is InChI=1S/C9H15N3.2ClH/c1-12-6-5-11-9(12)7-8-3-2-4-10-8;;/h5-6,8,10H,2-4,7H2,1H3;2*1H/t8-;;/m0../s1. The van der Waals surface area contributed by atoms with Crippen LogP contribution in [0.5, 0.6) is 0 Å². The summed E-state index contributed by atoms with van der Waals surface area (Å²) in [4.78, 5) is 4.30. The highest BCUT2D eigenvalue weighted by Gasteiger charge is 2.15. The van der Waals surface area contributed by atoms with Gasteiger partial charge in [0, 0.05) is 31.9 Å². The van der Waals surface area contributed by atoms with E-state index in [1.807, 2.05) is 12.4 Å². The number of hydrogen-bond acceptors (Lipinski definition) is 2. The average molecular weight is 238 g/mol. The third-order valence-electron chi connectivity index (χ3n) is 2.51. The van der Waals surface area contributed by atoms with Gasteiger partial charge in [-0.1, -0.05) is 0 Å². The van der Waals surface area contributed by atoms with Gasteiger partial charge in [0.2, 0.25) is 0 Å². The number of aryl methyl sites for hydroxylation is 1. The predicted molar refractivity (Wildman–Crippen MR) is 62.4 cm³/mol. The van der Waals surface area contributed by atoms with Crippen molar-refractivity contribution in [2.24, 2.45) is 7.05 Å². The molecule has 1 fully saturated rings. The molecule has 0 spiro atoms. The second kappa shape index (κ2) is 6.27. The summed E-state index contributed by atoms with van der Waals surface area (Å²) in [5.41, 5.74) is 0. The predicted octanol–water partition coefficient (Wildman–Crippen LogP) is 1.56. The smallest absolute Gasteiger partial charge is 0.109 e. The zero-order valence-corrected chi connectivity index (χ0v) is 9.90. The molecular weight excluding hydrogens is 221 g/mol. The Bertz CT molecular complexity index is 256. The third kappa shape index (κ3) is 3.15. The van der Waals surface area contributed by atoms with Gasteiger partial charge in [-0.2, -0.15) is 0 Å². The molecule has 1 saturated heterocycles. The molecule has 2 heterocycles. The second-order valence-electron chi connectivity index (χ2n) is 3.45. The molecule has 0 amide bonds. The number of hydrogen-bond donors (Lipinski definition) is 1. The zero-order valence-electron chi connectivity index (χ0n) is 8.27. The summed E-state index contributed by atoms with van der Waals surface area (Å²) in [5, 5.41) is 3.47. The number of halogens is 2. The van der Waals surface area contributed by atoms with Crippen LogP contribution in [0.15, 0.2) is 12.4 Å². The molecular formula is C9H17Cl2N3. The van der Waals surface area contributed by atoms with E-state index in [9.17, 15) is 0 Å². The van der Waals surface area contributed by atoms with Crippen molar-refractivity contribution >= 4 is 24.8 Å². The van der Waals surface area contributed by atoms with Crippen LogP contribution < -0.4 is 5.32 Å². The fraction of sp³-hybridized carbons (Fsp3) is 0.667. The number of rotatable bonds is 2. The Labute approximate surface area is 97.1 Å². The Morgan fingerprint density at radius 2 is 2.36 bits per heavy atom. The third-order valence-corrected chi connectivity index (χ3v) is 2.51. The van der Waals surface area contributed by atoms with Crippen LogP contribution in [-0.4, -0.2) is 22.1 Å². The molecule has 0 aliphatic carbocycles. The Morgan fingerprint density at radius 3 is 2.86 bits per heavy atom. The molecule has 14 heavy (non-hydrogen) atoms. The molecule has 0 aromatic carbocycles. The van der Waals surface area contributed by atoms with Crippen LogP contribution in [0.25, 0.3) is 0 Å². The first kappa shape index (κ1) is 13.8. The molecule has 82 valence electrons. The molecule has 0 saturated carbocycles. The van der Waals surface area contributed by atoms with E-state index in [0.717, 1.165) is 6.42 Å². The van der Waals surface area contributed by atoms with Gasteiger partial charge in [0.25, 0.3) is 0 Å². The number of nitrogens with one attached hydrogen (secondary N) is 1. The van der Waals surface area contributed by atoms with Gasteiger partial charge < -0.3 is 9.88 Å². The Kier molecular flexibility index (Phi) is 6.16. The highest BCUT2D eigenvalue weighted by Crippen LogP contribution is 2.09. The van der Waals surface area contributed by atoms with Gasteiger partial charge >= 0.3 is 0 Å². The SMILES string of the molecule is Cl.Cl.Cn1ccnc1C[C@@H]1CCCN1. The highest BCUT2D eigenvalue weighted by molar-refractivity contribution is 5.85. The van der Waals surface area contributed by atoms with Crippen molar-refractivity contribution in [3.8, 4) is 0 Å². The minimum absolute atomic E-state index is 0. The Hall–Kier alpha value is -0.250. The maximum atomic E-state index is 4.30. The van der Waals surface area contributed by atoms with Gasteiger partial charge in [-0.25, -0.2) is 4.98 Å². The van der Waals surface area contributed by atoms with Crippen LogP contribution in [0.1, 0.15) is 18.7 Å². The van der Waals surface area contributed by atoms with E-state index in [4.69, 9.17) is 0 Å². The molecule has 0 unspecified atom stereocenters. The van der Waals surface area contributed by atoms with E-state index in [1.165, 1.54) is 25.2 Å². The molecule has 2 rings (SSSR count). The lowest BCUT2D eigenvalue weighted by Crippen LogP contribution is -2.24.